The lowest BCUT2D eigenvalue weighted by molar-refractivity contribution is -0.161. The fourth-order valence-corrected chi connectivity index (χ4v) is 9.92. The molecule has 492 valence electrons. The molecular weight excluding hydrogens is 1110 g/mol. The van der Waals surface area contributed by atoms with Crippen LogP contribution in [0, 0.1) is 0 Å². The second-order valence-corrected chi connectivity index (χ2v) is 24.5. The summed E-state index contributed by atoms with van der Waals surface area (Å²) >= 11 is 0. The first-order valence-electron chi connectivity index (χ1n) is 32.8. The minimum Gasteiger partial charge on any atom is -0.462 e. The van der Waals surface area contributed by atoms with Crippen LogP contribution in [-0.4, -0.2) is 95.5 Å². The molecule has 0 aliphatic carbocycles. The van der Waals surface area contributed by atoms with Crippen LogP contribution in [0.3, 0.4) is 0 Å². The molecule has 19 heteroatoms. The number of hydrogen-bond acceptors (Lipinski definition) is 14. The van der Waals surface area contributed by atoms with Gasteiger partial charge in [0.25, 0.3) is 0 Å². The van der Waals surface area contributed by atoms with Crippen molar-refractivity contribution < 1.29 is 80.6 Å². The van der Waals surface area contributed by atoms with E-state index in [1.807, 2.05) is 6.08 Å². The first-order chi connectivity index (χ1) is 40.6. The molecule has 1 unspecified atom stereocenters. The van der Waals surface area contributed by atoms with E-state index in [4.69, 9.17) is 33.3 Å². The average Bonchev–Trinajstić information content (AvgIpc) is 3.55. The maximum Gasteiger partial charge on any atom is 0.472 e. The Morgan fingerprint density at radius 3 is 1.17 bits per heavy atom. The molecule has 17 nitrogen and oxygen atoms in total. The molecule has 0 saturated heterocycles. The number of ether oxygens (including phenoxy) is 4. The van der Waals surface area contributed by atoms with Crippen molar-refractivity contribution in [2.75, 3.05) is 39.6 Å². The molecule has 0 fully saturated rings. The van der Waals surface area contributed by atoms with Crippen LogP contribution in [0.4, 0.5) is 0 Å². The van der Waals surface area contributed by atoms with Crippen LogP contribution >= 0.6 is 15.6 Å². The van der Waals surface area contributed by atoms with Gasteiger partial charge in [-0.25, -0.2) is 9.13 Å². The molecule has 0 aliphatic rings. The Kier molecular flexibility index (Phi) is 62.4. The normalized spacial score (nSPS) is 13.2. The Bertz CT molecular complexity index is 1730. The molecule has 3 atom stereocenters. The molecule has 0 radical (unpaired) electrons. The van der Waals surface area contributed by atoms with E-state index >= 15 is 0 Å². The first-order valence-corrected chi connectivity index (χ1v) is 35.8. The summed E-state index contributed by atoms with van der Waals surface area (Å²) in [5.41, 5.74) is 0. The number of phosphoric acid groups is 2. The Morgan fingerprint density at radius 1 is 0.417 bits per heavy atom. The number of aliphatic hydroxyl groups is 1. The quantitative estimate of drug-likeness (QED) is 0.0145. The van der Waals surface area contributed by atoms with Crippen LogP contribution in [-0.2, 0) is 60.8 Å². The van der Waals surface area contributed by atoms with Gasteiger partial charge < -0.3 is 38.7 Å². The second-order valence-electron chi connectivity index (χ2n) is 21.8. The van der Waals surface area contributed by atoms with Crippen LogP contribution in [0.5, 0.6) is 0 Å². The number of hydrogen-bond donors (Lipinski definition) is 4. The van der Waals surface area contributed by atoms with Crippen molar-refractivity contribution in [1.82, 2.24) is 0 Å². The number of carbonyl (C=O) groups is 4. The summed E-state index contributed by atoms with van der Waals surface area (Å²) in [6, 6.07) is 0. The molecule has 0 aromatic heterocycles. The van der Waals surface area contributed by atoms with Gasteiger partial charge in [-0.15, -0.1) is 6.58 Å². The van der Waals surface area contributed by atoms with Gasteiger partial charge in [-0.1, -0.05) is 204 Å². The Morgan fingerprint density at radius 2 is 0.762 bits per heavy atom. The predicted octanol–water partition coefficient (Wildman–Crippen LogP) is 17.4. The summed E-state index contributed by atoms with van der Waals surface area (Å²) in [7, 11) is -9.65. The molecule has 0 amide bonds. The van der Waals surface area contributed by atoms with E-state index < -0.39 is 66.2 Å². The summed E-state index contributed by atoms with van der Waals surface area (Å²) in [5.74, 6) is -1.42. The van der Waals surface area contributed by atoms with Crippen molar-refractivity contribution in [3.8, 4) is 0 Å². The Labute approximate surface area is 509 Å². The molecule has 0 aromatic rings. The largest absolute Gasteiger partial charge is 0.472 e. The highest BCUT2D eigenvalue weighted by Crippen LogP contribution is 2.44. The van der Waals surface area contributed by atoms with Gasteiger partial charge in [0.15, 0.2) is 6.10 Å². The number of phosphoric ester groups is 2. The van der Waals surface area contributed by atoms with Crippen LogP contribution in [0.15, 0.2) is 49.1 Å². The van der Waals surface area contributed by atoms with E-state index in [9.17, 15) is 38.3 Å². The fraction of sp³-hybridized carbons (Fsp3) is 0.815. The topological polar surface area (TPSA) is 248 Å². The van der Waals surface area contributed by atoms with Gasteiger partial charge >= 0.3 is 39.5 Å². The lowest BCUT2D eigenvalue weighted by atomic mass is 10.1. The molecule has 84 heavy (non-hydrogen) atoms. The third kappa shape index (κ3) is 68.1. The van der Waals surface area contributed by atoms with Crippen molar-refractivity contribution >= 4 is 39.5 Å². The van der Waals surface area contributed by atoms with Gasteiger partial charge in [-0.3, -0.25) is 32.7 Å². The SMILES string of the molecule is C/C=C/CCCCCCCCCCC(=O)OCCOC(=O)CCCCCCCCCC/C=C/CC.C=CCCCCCCCC(=O)O[C@H](COC(=O)CCCCCCCCCC/C=C/CCCCC)COP(=O)(O)OC[C@@H](O)COP(=O)(O)O. The van der Waals surface area contributed by atoms with E-state index in [1.54, 1.807) is 0 Å². The standard InChI is InChI=1S/C34H64O13P2.C31H56O4/c1-3-5-7-9-11-12-13-14-15-16-17-18-20-21-23-25-33(36)43-29-32(47-34(37)26-24-22-19-10-8-6-4-2)30-46-49(41,42)45-28-31(35)27-44-48(38,39)40;1-3-5-7-9-11-13-15-17-19-21-23-25-27-31(33)35-29-28-34-30(32)26-24-22-20-18-16-14-12-10-8-6-4-2/h4,11-12,31-32,35H,2-3,5-10,13-30H2,1H3,(H,41,42)(H2,38,39,40);4-7H,3,8-29H2,1-2H3/b12-11+;6-4+,7-5+/t31-,32+;/m0./s1. The molecule has 0 saturated carbocycles. The summed E-state index contributed by atoms with van der Waals surface area (Å²) < 4.78 is 57.7. The molecule has 0 spiro atoms. The maximum atomic E-state index is 12.4. The second kappa shape index (κ2) is 63.1. The summed E-state index contributed by atoms with van der Waals surface area (Å²) in [6.07, 6.45) is 56.7. The number of allylic oxidation sites excluding steroid dienone is 7. The lowest BCUT2D eigenvalue weighted by Gasteiger charge is -2.20. The average molecular weight is 1240 g/mol. The van der Waals surface area contributed by atoms with Crippen molar-refractivity contribution in [2.24, 2.45) is 0 Å². The molecule has 0 rings (SSSR count). The minimum atomic E-state index is -4.85. The van der Waals surface area contributed by atoms with E-state index in [1.165, 1.54) is 141 Å². The third-order valence-electron chi connectivity index (χ3n) is 13.7. The van der Waals surface area contributed by atoms with Gasteiger partial charge in [0.1, 0.15) is 25.9 Å². The van der Waals surface area contributed by atoms with E-state index in [2.05, 4.69) is 72.9 Å². The van der Waals surface area contributed by atoms with Gasteiger partial charge in [-0.05, 0) is 103 Å². The van der Waals surface area contributed by atoms with E-state index in [0.717, 1.165) is 89.9 Å². The smallest absolute Gasteiger partial charge is 0.462 e. The highest BCUT2D eigenvalue weighted by atomic mass is 31.2. The van der Waals surface area contributed by atoms with Gasteiger partial charge in [0.2, 0.25) is 0 Å². The summed E-state index contributed by atoms with van der Waals surface area (Å²) in [5, 5.41) is 9.67. The zero-order chi connectivity index (χ0) is 62.3. The monoisotopic (exact) mass is 1230 g/mol. The summed E-state index contributed by atoms with van der Waals surface area (Å²) in [6.45, 7) is 7.78. The Hall–Kier alpha value is -2.98. The van der Waals surface area contributed by atoms with Gasteiger partial charge in [-0.2, -0.15) is 0 Å². The van der Waals surface area contributed by atoms with E-state index in [0.29, 0.717) is 25.7 Å². The van der Waals surface area contributed by atoms with E-state index in [-0.39, 0.29) is 38.0 Å². The van der Waals surface area contributed by atoms with Crippen LogP contribution < -0.4 is 0 Å². The van der Waals surface area contributed by atoms with Crippen molar-refractivity contribution in [3.05, 3.63) is 49.1 Å². The molecule has 0 aromatic carbocycles. The first kappa shape index (κ1) is 83.1. The molecule has 0 bridgehead atoms. The predicted molar refractivity (Wildman–Crippen MR) is 337 cm³/mol. The van der Waals surface area contributed by atoms with Crippen LogP contribution in [0.1, 0.15) is 290 Å². The highest BCUT2D eigenvalue weighted by molar-refractivity contribution is 7.47. The number of rotatable bonds is 61. The molecule has 0 aliphatic heterocycles. The maximum absolute atomic E-state index is 12.4. The highest BCUT2D eigenvalue weighted by Gasteiger charge is 2.28. The molecular formula is C65H120O17P2. The fourth-order valence-electron chi connectivity index (χ4n) is 8.76. The minimum absolute atomic E-state index is 0.112. The van der Waals surface area contributed by atoms with Crippen molar-refractivity contribution in [2.45, 2.75) is 303 Å². The van der Waals surface area contributed by atoms with Gasteiger partial charge in [0, 0.05) is 25.7 Å². The van der Waals surface area contributed by atoms with Gasteiger partial charge in [0.05, 0.1) is 19.8 Å². The number of esters is 4. The van der Waals surface area contributed by atoms with Crippen LogP contribution in [0.25, 0.3) is 0 Å². The summed E-state index contributed by atoms with van der Waals surface area (Å²) in [4.78, 5) is 75.7. The number of carbonyl (C=O) groups excluding carboxylic acids is 4. The van der Waals surface area contributed by atoms with Crippen molar-refractivity contribution in [3.63, 3.8) is 0 Å². The zero-order valence-electron chi connectivity index (χ0n) is 52.8. The molecule has 0 heterocycles. The molecule has 4 N–H and O–H groups in total. The van der Waals surface area contributed by atoms with Crippen molar-refractivity contribution in [1.29, 1.82) is 0 Å². The zero-order valence-corrected chi connectivity index (χ0v) is 54.6. The number of unbranched alkanes of at least 4 members (excludes halogenated alkanes) is 32. The number of aliphatic hydroxyl groups excluding tert-OH is 1. The third-order valence-corrected chi connectivity index (χ3v) is 15.1. The van der Waals surface area contributed by atoms with Crippen LogP contribution in [0.2, 0.25) is 0 Å². The Balaban J connectivity index is 0. The lowest BCUT2D eigenvalue weighted by Crippen LogP contribution is -2.30.